The molecule has 2 atom stereocenters. The van der Waals surface area contributed by atoms with Crippen molar-refractivity contribution in [3.8, 4) is 17.2 Å². The van der Waals surface area contributed by atoms with E-state index >= 15 is 0 Å². The molecule has 0 spiro atoms. The summed E-state index contributed by atoms with van der Waals surface area (Å²) in [6.07, 6.45) is 8.01. The summed E-state index contributed by atoms with van der Waals surface area (Å²) in [6.45, 7) is 2.36. The van der Waals surface area contributed by atoms with Gasteiger partial charge < -0.3 is 4.57 Å². The number of nitrogens with zero attached hydrogens (tertiary/aromatic N) is 4. The summed E-state index contributed by atoms with van der Waals surface area (Å²) in [7, 11) is 0. The molecule has 2 aromatic carbocycles. The summed E-state index contributed by atoms with van der Waals surface area (Å²) in [6, 6.07) is 18.2. The SMILES string of the molecule is N#Cc1ccc(-c2ccc3c(c2)nc2n3CC3CCC(C2)CN3C2CCC2)cc1. The Morgan fingerprint density at radius 3 is 2.48 bits per heavy atom. The Bertz CT molecular complexity index is 1100. The molecule has 1 saturated heterocycles. The smallest absolute Gasteiger partial charge is 0.110 e. The van der Waals surface area contributed by atoms with Crippen molar-refractivity contribution in [2.75, 3.05) is 6.54 Å². The van der Waals surface area contributed by atoms with E-state index < -0.39 is 0 Å². The van der Waals surface area contributed by atoms with Crippen LogP contribution in [0.25, 0.3) is 22.2 Å². The van der Waals surface area contributed by atoms with Gasteiger partial charge in [-0.15, -0.1) is 0 Å². The van der Waals surface area contributed by atoms with Gasteiger partial charge in [0.05, 0.1) is 22.7 Å². The first kappa shape index (κ1) is 17.2. The molecular weight excluding hydrogens is 356 g/mol. The van der Waals surface area contributed by atoms with Crippen LogP contribution in [0.15, 0.2) is 42.5 Å². The number of hydrogen-bond acceptors (Lipinski definition) is 3. The molecule has 3 aromatic rings. The van der Waals surface area contributed by atoms with Gasteiger partial charge in [0, 0.05) is 31.6 Å². The number of benzene rings is 2. The molecule has 0 radical (unpaired) electrons. The Morgan fingerprint density at radius 2 is 1.72 bits per heavy atom. The summed E-state index contributed by atoms with van der Waals surface area (Å²) < 4.78 is 2.51. The maximum Gasteiger partial charge on any atom is 0.110 e. The lowest BCUT2D eigenvalue weighted by atomic mass is 9.82. The minimum Gasteiger partial charge on any atom is -0.326 e. The first-order chi connectivity index (χ1) is 14.3. The number of hydrogen-bond donors (Lipinski definition) is 0. The second-order valence-corrected chi connectivity index (χ2v) is 9.11. The van der Waals surface area contributed by atoms with E-state index in [0.717, 1.165) is 36.0 Å². The Hall–Kier alpha value is -2.64. The standard InChI is InChI=1S/C25H26N4/c26-14-17-4-7-19(8-5-17)20-9-11-24-23(13-20)27-25-12-18-6-10-22(16-29(24)25)28(15-18)21-2-1-3-21/h4-5,7-9,11,13,18,21-22H,1-3,6,10,12,15-16H2. The maximum absolute atomic E-state index is 9.03. The van der Waals surface area contributed by atoms with Crippen LogP contribution in [0.3, 0.4) is 0 Å². The molecule has 29 heavy (non-hydrogen) atoms. The molecule has 4 aliphatic rings. The number of piperidine rings is 1. The molecule has 0 amide bonds. The predicted molar refractivity (Wildman–Crippen MR) is 114 cm³/mol. The minimum absolute atomic E-state index is 0.672. The number of fused-ring (bicyclic) bond motifs is 3. The molecule has 1 aliphatic carbocycles. The maximum atomic E-state index is 9.03. The van der Waals surface area contributed by atoms with Crippen LogP contribution < -0.4 is 0 Å². The predicted octanol–water partition coefficient (Wildman–Crippen LogP) is 4.76. The zero-order valence-corrected chi connectivity index (χ0v) is 16.7. The second-order valence-electron chi connectivity index (χ2n) is 9.11. The van der Waals surface area contributed by atoms with E-state index in [4.69, 9.17) is 10.2 Å². The molecule has 0 N–H and O–H groups in total. The molecule has 1 saturated carbocycles. The van der Waals surface area contributed by atoms with Gasteiger partial charge >= 0.3 is 0 Å². The third-order valence-corrected chi connectivity index (χ3v) is 7.43. The van der Waals surface area contributed by atoms with Gasteiger partial charge in [-0.3, -0.25) is 4.90 Å². The van der Waals surface area contributed by atoms with Gasteiger partial charge in [-0.1, -0.05) is 24.6 Å². The van der Waals surface area contributed by atoms with Gasteiger partial charge in [0.25, 0.3) is 0 Å². The van der Waals surface area contributed by atoms with E-state index in [1.165, 1.54) is 55.6 Å². The van der Waals surface area contributed by atoms with Gasteiger partial charge in [0.15, 0.2) is 0 Å². The molecule has 146 valence electrons. The fourth-order valence-corrected chi connectivity index (χ4v) is 5.59. The molecule has 2 fully saturated rings. The van der Waals surface area contributed by atoms with Gasteiger partial charge in [-0.05, 0) is 67.0 Å². The Morgan fingerprint density at radius 1 is 0.897 bits per heavy atom. The third kappa shape index (κ3) is 2.88. The van der Waals surface area contributed by atoms with Crippen LogP contribution in [0.5, 0.6) is 0 Å². The largest absolute Gasteiger partial charge is 0.326 e. The van der Waals surface area contributed by atoms with E-state index in [1.807, 2.05) is 24.3 Å². The Labute approximate surface area is 171 Å². The average molecular weight is 383 g/mol. The van der Waals surface area contributed by atoms with E-state index in [-0.39, 0.29) is 0 Å². The highest BCUT2D eigenvalue weighted by Gasteiger charge is 2.38. The number of aromatic nitrogens is 2. The fourth-order valence-electron chi connectivity index (χ4n) is 5.59. The van der Waals surface area contributed by atoms with Gasteiger partial charge in [-0.2, -0.15) is 5.26 Å². The van der Waals surface area contributed by atoms with Crippen molar-refractivity contribution in [3.05, 3.63) is 53.9 Å². The van der Waals surface area contributed by atoms with Crippen molar-refractivity contribution in [2.24, 2.45) is 5.92 Å². The lowest BCUT2D eigenvalue weighted by molar-refractivity contribution is 0.0131. The van der Waals surface area contributed by atoms with Crippen LogP contribution in [0.1, 0.15) is 43.5 Å². The molecule has 4 heteroatoms. The monoisotopic (exact) mass is 382 g/mol. The lowest BCUT2D eigenvalue weighted by Gasteiger charge is -2.49. The van der Waals surface area contributed by atoms with E-state index in [0.29, 0.717) is 11.6 Å². The zero-order valence-electron chi connectivity index (χ0n) is 16.7. The fraction of sp³-hybridized carbons (Fsp3) is 0.440. The van der Waals surface area contributed by atoms with Crippen LogP contribution in [-0.2, 0) is 13.0 Å². The van der Waals surface area contributed by atoms with E-state index in [1.54, 1.807) is 0 Å². The molecular formula is C25H26N4. The summed E-state index contributed by atoms with van der Waals surface area (Å²) in [5.41, 5.74) is 5.40. The molecule has 2 unspecified atom stereocenters. The number of rotatable bonds is 2. The molecule has 4 heterocycles. The molecule has 1 aromatic heterocycles. The van der Waals surface area contributed by atoms with Crippen molar-refractivity contribution >= 4 is 11.0 Å². The molecule has 7 rings (SSSR count). The third-order valence-electron chi connectivity index (χ3n) is 7.43. The zero-order chi connectivity index (χ0) is 19.4. The van der Waals surface area contributed by atoms with Gasteiger partial charge in [0.2, 0.25) is 0 Å². The van der Waals surface area contributed by atoms with Crippen LogP contribution in [0.2, 0.25) is 0 Å². The molecule has 4 nitrogen and oxygen atoms in total. The molecule has 2 bridgehead atoms. The average Bonchev–Trinajstić information content (AvgIpc) is 3.01. The Balaban J connectivity index is 1.37. The highest BCUT2D eigenvalue weighted by Crippen LogP contribution is 2.37. The van der Waals surface area contributed by atoms with Crippen LogP contribution in [0, 0.1) is 17.2 Å². The van der Waals surface area contributed by atoms with Crippen LogP contribution >= 0.6 is 0 Å². The summed E-state index contributed by atoms with van der Waals surface area (Å²) in [5, 5.41) is 9.03. The highest BCUT2D eigenvalue weighted by atomic mass is 15.2. The summed E-state index contributed by atoms with van der Waals surface area (Å²) in [5.74, 6) is 2.03. The van der Waals surface area contributed by atoms with Crippen molar-refractivity contribution < 1.29 is 0 Å². The normalized spacial score (nSPS) is 24.5. The van der Waals surface area contributed by atoms with Crippen LogP contribution in [-0.4, -0.2) is 33.1 Å². The highest BCUT2D eigenvalue weighted by molar-refractivity contribution is 5.82. The van der Waals surface area contributed by atoms with Crippen LogP contribution in [0.4, 0.5) is 0 Å². The second kappa shape index (κ2) is 6.71. The minimum atomic E-state index is 0.672. The van der Waals surface area contributed by atoms with Crippen molar-refractivity contribution in [1.29, 1.82) is 5.26 Å². The Kier molecular flexibility index (Phi) is 3.99. The van der Waals surface area contributed by atoms with Crippen molar-refractivity contribution in [1.82, 2.24) is 14.5 Å². The van der Waals surface area contributed by atoms with E-state index in [2.05, 4.69) is 33.7 Å². The first-order valence-electron chi connectivity index (χ1n) is 11.0. The van der Waals surface area contributed by atoms with Crippen molar-refractivity contribution in [2.45, 2.75) is 57.2 Å². The summed E-state index contributed by atoms with van der Waals surface area (Å²) >= 11 is 0. The van der Waals surface area contributed by atoms with Gasteiger partial charge in [-0.25, -0.2) is 4.98 Å². The van der Waals surface area contributed by atoms with Crippen molar-refractivity contribution in [3.63, 3.8) is 0 Å². The topological polar surface area (TPSA) is 44.9 Å². The number of imidazole rings is 1. The lowest BCUT2D eigenvalue weighted by Crippen LogP contribution is -2.54. The summed E-state index contributed by atoms with van der Waals surface area (Å²) in [4.78, 5) is 7.93. The number of nitriles is 1. The van der Waals surface area contributed by atoms with E-state index in [9.17, 15) is 0 Å². The molecule has 3 aliphatic heterocycles. The quantitative estimate of drug-likeness (QED) is 0.642. The van der Waals surface area contributed by atoms with Gasteiger partial charge in [0.1, 0.15) is 5.82 Å². The first-order valence-corrected chi connectivity index (χ1v) is 11.0.